The predicted molar refractivity (Wildman–Crippen MR) is 113 cm³/mol. The Balaban J connectivity index is 1.61. The van der Waals surface area contributed by atoms with Crippen LogP contribution in [0.5, 0.6) is 0 Å². The van der Waals surface area contributed by atoms with Crippen LogP contribution in [0.2, 0.25) is 0 Å². The van der Waals surface area contributed by atoms with E-state index in [9.17, 15) is 4.79 Å². The van der Waals surface area contributed by atoms with Gasteiger partial charge in [0.15, 0.2) is 11.4 Å². The molecule has 144 valence electrons. The number of fused-ring (bicyclic) bond motifs is 2. The maximum Gasteiger partial charge on any atom is 0.170 e. The Labute approximate surface area is 168 Å². The van der Waals surface area contributed by atoms with Crippen molar-refractivity contribution < 1.29 is 4.79 Å². The predicted octanol–water partition coefficient (Wildman–Crippen LogP) is 3.72. The summed E-state index contributed by atoms with van der Waals surface area (Å²) in [4.78, 5) is 23.8. The van der Waals surface area contributed by atoms with Crippen molar-refractivity contribution >= 4 is 34.3 Å². The topological polar surface area (TPSA) is 63.9 Å². The van der Waals surface area contributed by atoms with Crippen LogP contribution in [0.1, 0.15) is 26.3 Å². The van der Waals surface area contributed by atoms with E-state index in [1.165, 1.54) is 23.7 Å². The zero-order valence-electron chi connectivity index (χ0n) is 16.7. The highest BCUT2D eigenvalue weighted by Crippen LogP contribution is 2.46. The molecule has 0 saturated heterocycles. The van der Waals surface area contributed by atoms with E-state index in [0.717, 1.165) is 27.4 Å². The summed E-state index contributed by atoms with van der Waals surface area (Å²) >= 11 is 1.45. The second-order valence-electron chi connectivity index (χ2n) is 7.58. The number of ketones is 1. The van der Waals surface area contributed by atoms with Crippen LogP contribution in [0, 0.1) is 0 Å². The van der Waals surface area contributed by atoms with Crippen molar-refractivity contribution in [2.45, 2.75) is 36.5 Å². The number of aromatic nitrogens is 4. The normalized spacial score (nSPS) is 17.9. The highest BCUT2D eigenvalue weighted by Gasteiger charge is 2.38. The Bertz CT molecular complexity index is 1100. The standard InChI is InChI=1S/C21H23N5OS/c1-13(28-20-14-11-24-26(5)19(14)22-12-23-20)17(27)10-18-21(2,3)15-8-6-7-9-16(15)25(18)4/h6-13H,1-5H3/b18-10-. The van der Waals surface area contributed by atoms with Crippen molar-refractivity contribution in [3.63, 3.8) is 0 Å². The summed E-state index contributed by atoms with van der Waals surface area (Å²) in [5.74, 6) is 0.0726. The summed E-state index contributed by atoms with van der Waals surface area (Å²) in [5.41, 5.74) is 3.96. The maximum absolute atomic E-state index is 13.0. The van der Waals surface area contributed by atoms with Crippen LogP contribution in [0.25, 0.3) is 11.0 Å². The Hall–Kier alpha value is -2.67. The average molecular weight is 394 g/mol. The zero-order chi connectivity index (χ0) is 20.1. The molecule has 0 N–H and O–H groups in total. The summed E-state index contributed by atoms with van der Waals surface area (Å²) in [6, 6.07) is 8.31. The van der Waals surface area contributed by atoms with Crippen LogP contribution >= 0.6 is 11.8 Å². The SMILES string of the molecule is CC(Sc1ncnc2c1cnn2C)C(=O)/C=C1\N(C)c2ccccc2C1(C)C. The molecule has 0 spiro atoms. The molecule has 1 aliphatic heterocycles. The Morgan fingerprint density at radius 1 is 1.21 bits per heavy atom. The molecule has 1 unspecified atom stereocenters. The summed E-state index contributed by atoms with van der Waals surface area (Å²) in [7, 11) is 3.87. The van der Waals surface area contributed by atoms with E-state index in [0.29, 0.717) is 0 Å². The van der Waals surface area contributed by atoms with E-state index in [-0.39, 0.29) is 16.4 Å². The quantitative estimate of drug-likeness (QED) is 0.382. The van der Waals surface area contributed by atoms with Gasteiger partial charge in [0.05, 0.1) is 16.8 Å². The maximum atomic E-state index is 13.0. The van der Waals surface area contributed by atoms with Gasteiger partial charge in [-0.3, -0.25) is 9.48 Å². The number of para-hydroxylation sites is 1. The first-order chi connectivity index (χ1) is 13.3. The second kappa shape index (κ2) is 6.74. The summed E-state index contributed by atoms with van der Waals surface area (Å²) < 4.78 is 1.71. The minimum Gasteiger partial charge on any atom is -0.347 e. The van der Waals surface area contributed by atoms with E-state index in [4.69, 9.17) is 0 Å². The Morgan fingerprint density at radius 3 is 2.71 bits per heavy atom. The molecule has 28 heavy (non-hydrogen) atoms. The van der Waals surface area contributed by atoms with Gasteiger partial charge >= 0.3 is 0 Å². The molecule has 3 aromatic rings. The van der Waals surface area contributed by atoms with Gasteiger partial charge in [-0.2, -0.15) is 5.10 Å². The molecule has 1 aliphatic rings. The van der Waals surface area contributed by atoms with E-state index >= 15 is 0 Å². The molecule has 0 saturated carbocycles. The number of rotatable bonds is 4. The lowest BCUT2D eigenvalue weighted by Crippen LogP contribution is -2.25. The van der Waals surface area contributed by atoms with Crippen molar-refractivity contribution in [2.75, 3.05) is 11.9 Å². The Kier molecular flexibility index (Phi) is 4.50. The fraction of sp³-hybridized carbons (Fsp3) is 0.333. The van der Waals surface area contributed by atoms with Crippen LogP contribution in [-0.2, 0) is 17.3 Å². The first kappa shape index (κ1) is 18.7. The van der Waals surface area contributed by atoms with E-state index in [1.807, 2.05) is 33.2 Å². The minimum atomic E-state index is -0.265. The van der Waals surface area contributed by atoms with Gasteiger partial charge < -0.3 is 4.90 Å². The van der Waals surface area contributed by atoms with Crippen LogP contribution < -0.4 is 4.90 Å². The summed E-state index contributed by atoms with van der Waals surface area (Å²) in [6.07, 6.45) is 5.06. The molecular weight excluding hydrogens is 370 g/mol. The van der Waals surface area contributed by atoms with E-state index in [1.54, 1.807) is 17.0 Å². The number of allylic oxidation sites excluding steroid dienone is 2. The summed E-state index contributed by atoms with van der Waals surface area (Å²) in [5, 5.41) is 5.62. The van der Waals surface area contributed by atoms with E-state index in [2.05, 4.69) is 45.9 Å². The van der Waals surface area contributed by atoms with Crippen molar-refractivity contribution in [3.8, 4) is 0 Å². The fourth-order valence-corrected chi connectivity index (χ4v) is 4.67. The third-order valence-electron chi connectivity index (χ3n) is 5.40. The lowest BCUT2D eigenvalue weighted by molar-refractivity contribution is -0.113. The molecule has 6 nitrogen and oxygen atoms in total. The van der Waals surface area contributed by atoms with Crippen molar-refractivity contribution in [3.05, 3.63) is 54.1 Å². The van der Waals surface area contributed by atoms with Gasteiger partial charge in [-0.05, 0) is 18.6 Å². The number of carbonyl (C=O) groups is 1. The molecule has 1 atom stereocenters. The molecule has 3 heterocycles. The number of anilines is 1. The molecule has 0 radical (unpaired) electrons. The third-order valence-corrected chi connectivity index (χ3v) is 6.54. The molecule has 7 heteroatoms. The number of carbonyl (C=O) groups excluding carboxylic acids is 1. The largest absolute Gasteiger partial charge is 0.347 e. The van der Waals surface area contributed by atoms with Gasteiger partial charge in [-0.25, -0.2) is 9.97 Å². The number of benzene rings is 1. The van der Waals surface area contributed by atoms with Crippen LogP contribution in [0.3, 0.4) is 0 Å². The number of hydrogen-bond acceptors (Lipinski definition) is 6. The zero-order valence-corrected chi connectivity index (χ0v) is 17.5. The van der Waals surface area contributed by atoms with Crippen LogP contribution in [-0.4, -0.2) is 37.8 Å². The first-order valence-corrected chi connectivity index (χ1v) is 10.1. The van der Waals surface area contributed by atoms with Gasteiger partial charge in [-0.1, -0.05) is 43.8 Å². The third kappa shape index (κ3) is 2.90. The number of hydrogen-bond donors (Lipinski definition) is 0. The molecule has 0 fully saturated rings. The number of likely N-dealkylation sites (N-methyl/N-ethyl adjacent to an activating group) is 1. The highest BCUT2D eigenvalue weighted by atomic mass is 32.2. The number of aryl methyl sites for hydroxylation is 1. The second-order valence-corrected chi connectivity index (χ2v) is 8.91. The van der Waals surface area contributed by atoms with Gasteiger partial charge in [0.25, 0.3) is 0 Å². The Morgan fingerprint density at radius 2 is 1.96 bits per heavy atom. The molecule has 0 amide bonds. The van der Waals surface area contributed by atoms with Crippen LogP contribution in [0.15, 0.2) is 53.6 Å². The van der Waals surface area contributed by atoms with Crippen molar-refractivity contribution in [1.29, 1.82) is 0 Å². The summed E-state index contributed by atoms with van der Waals surface area (Å²) in [6.45, 7) is 6.25. The lowest BCUT2D eigenvalue weighted by atomic mass is 9.83. The van der Waals surface area contributed by atoms with Gasteiger partial charge in [0.1, 0.15) is 11.4 Å². The van der Waals surface area contributed by atoms with Crippen molar-refractivity contribution in [2.24, 2.45) is 7.05 Å². The average Bonchev–Trinajstić information content (AvgIpc) is 3.14. The van der Waals surface area contributed by atoms with E-state index < -0.39 is 0 Å². The smallest absolute Gasteiger partial charge is 0.170 e. The highest BCUT2D eigenvalue weighted by molar-refractivity contribution is 8.00. The minimum absolute atomic E-state index is 0.0726. The van der Waals surface area contributed by atoms with Crippen LogP contribution in [0.4, 0.5) is 5.69 Å². The number of nitrogens with zero attached hydrogens (tertiary/aromatic N) is 5. The molecular formula is C21H23N5OS. The van der Waals surface area contributed by atoms with Crippen molar-refractivity contribution in [1.82, 2.24) is 19.7 Å². The molecule has 0 aliphatic carbocycles. The number of thioether (sulfide) groups is 1. The first-order valence-electron chi connectivity index (χ1n) is 9.19. The molecule has 4 rings (SSSR count). The molecule has 0 bridgehead atoms. The monoisotopic (exact) mass is 393 g/mol. The van der Waals surface area contributed by atoms with Gasteiger partial charge in [0, 0.05) is 37.0 Å². The molecule has 1 aromatic carbocycles. The molecule has 2 aromatic heterocycles. The fourth-order valence-electron chi connectivity index (χ4n) is 3.77. The van der Waals surface area contributed by atoms with Gasteiger partial charge in [0.2, 0.25) is 0 Å². The van der Waals surface area contributed by atoms with Gasteiger partial charge in [-0.15, -0.1) is 0 Å². The lowest BCUT2D eigenvalue weighted by Gasteiger charge is -2.24.